The molecule has 0 atom stereocenters. The minimum absolute atomic E-state index is 0.272. The van der Waals surface area contributed by atoms with E-state index in [-0.39, 0.29) is 11.9 Å². The lowest BCUT2D eigenvalue weighted by molar-refractivity contribution is 0.0156. The molecule has 0 radical (unpaired) electrons. The summed E-state index contributed by atoms with van der Waals surface area (Å²) in [7, 11) is 0. The monoisotopic (exact) mass is 236 g/mol. The Bertz CT molecular complexity index is 384. The standard InChI is InChI=1S/C14H17FO2/c15-14-8-11(9-16)6-7-12(14)10-17-13-4-2-1-3-5-13/h6-9,13H,1-5,10H2. The summed E-state index contributed by atoms with van der Waals surface area (Å²) in [5.41, 5.74) is 0.894. The largest absolute Gasteiger partial charge is 0.373 e. The first-order valence-corrected chi connectivity index (χ1v) is 6.15. The molecule has 1 aliphatic carbocycles. The Balaban J connectivity index is 1.91. The van der Waals surface area contributed by atoms with E-state index in [4.69, 9.17) is 4.74 Å². The van der Waals surface area contributed by atoms with Gasteiger partial charge in [-0.3, -0.25) is 4.79 Å². The first kappa shape index (κ1) is 12.2. The van der Waals surface area contributed by atoms with Crippen LogP contribution in [0.25, 0.3) is 0 Å². The smallest absolute Gasteiger partial charge is 0.150 e. The van der Waals surface area contributed by atoms with Crippen LogP contribution in [0.1, 0.15) is 48.0 Å². The molecule has 3 heteroatoms. The summed E-state index contributed by atoms with van der Waals surface area (Å²) in [4.78, 5) is 10.5. The predicted octanol–water partition coefficient (Wildman–Crippen LogP) is 3.49. The molecule has 0 bridgehead atoms. The topological polar surface area (TPSA) is 26.3 Å². The summed E-state index contributed by atoms with van der Waals surface area (Å²) in [5.74, 6) is -0.356. The Labute approximate surface area is 101 Å². The van der Waals surface area contributed by atoms with Gasteiger partial charge in [0.05, 0.1) is 12.7 Å². The molecule has 1 aromatic rings. The van der Waals surface area contributed by atoms with Gasteiger partial charge < -0.3 is 4.74 Å². The molecule has 2 rings (SSSR count). The van der Waals surface area contributed by atoms with Crippen molar-refractivity contribution in [1.82, 2.24) is 0 Å². The zero-order valence-electron chi connectivity index (χ0n) is 9.82. The van der Waals surface area contributed by atoms with Crippen LogP contribution in [0.4, 0.5) is 4.39 Å². The molecule has 1 aromatic carbocycles. The van der Waals surface area contributed by atoms with Crippen LogP contribution in [-0.4, -0.2) is 12.4 Å². The summed E-state index contributed by atoms with van der Waals surface area (Å²) in [5, 5.41) is 0. The normalized spacial score (nSPS) is 17.0. The maximum atomic E-state index is 13.6. The van der Waals surface area contributed by atoms with Crippen molar-refractivity contribution in [2.75, 3.05) is 0 Å². The van der Waals surface area contributed by atoms with E-state index in [9.17, 15) is 9.18 Å². The Morgan fingerprint density at radius 1 is 1.29 bits per heavy atom. The van der Waals surface area contributed by atoms with E-state index in [0.717, 1.165) is 12.8 Å². The molecule has 1 fully saturated rings. The van der Waals surface area contributed by atoms with E-state index in [0.29, 0.717) is 24.0 Å². The molecule has 0 saturated heterocycles. The van der Waals surface area contributed by atoms with Gasteiger partial charge >= 0.3 is 0 Å². The summed E-state index contributed by atoms with van der Waals surface area (Å²) in [6.07, 6.45) is 6.77. The van der Waals surface area contributed by atoms with Crippen molar-refractivity contribution in [2.45, 2.75) is 44.8 Å². The molecule has 0 amide bonds. The number of benzene rings is 1. The Morgan fingerprint density at radius 3 is 2.71 bits per heavy atom. The molecule has 92 valence electrons. The molecule has 2 nitrogen and oxygen atoms in total. The fraction of sp³-hybridized carbons (Fsp3) is 0.500. The molecule has 1 aliphatic rings. The lowest BCUT2D eigenvalue weighted by atomic mass is 9.98. The van der Waals surface area contributed by atoms with Gasteiger partial charge in [0.25, 0.3) is 0 Å². The quantitative estimate of drug-likeness (QED) is 0.748. The molecule has 0 heterocycles. The van der Waals surface area contributed by atoms with E-state index in [1.165, 1.54) is 25.3 Å². The first-order chi connectivity index (χ1) is 8.29. The number of hydrogen-bond donors (Lipinski definition) is 0. The van der Waals surface area contributed by atoms with Gasteiger partial charge in [0.2, 0.25) is 0 Å². The molecule has 0 unspecified atom stereocenters. The summed E-state index contributed by atoms with van der Waals surface area (Å²) in [6.45, 7) is 0.301. The maximum absolute atomic E-state index is 13.6. The average Bonchev–Trinajstić information content (AvgIpc) is 2.38. The molecule has 1 saturated carbocycles. The van der Waals surface area contributed by atoms with Gasteiger partial charge in [-0.25, -0.2) is 4.39 Å². The van der Waals surface area contributed by atoms with Crippen molar-refractivity contribution in [3.05, 3.63) is 35.1 Å². The third kappa shape index (κ3) is 3.37. The Morgan fingerprint density at radius 2 is 2.06 bits per heavy atom. The van der Waals surface area contributed by atoms with Gasteiger partial charge in [0.15, 0.2) is 0 Å². The second-order valence-corrected chi connectivity index (χ2v) is 4.54. The van der Waals surface area contributed by atoms with E-state index in [1.807, 2.05) is 0 Å². The number of rotatable bonds is 4. The van der Waals surface area contributed by atoms with Crippen LogP contribution in [0.2, 0.25) is 0 Å². The van der Waals surface area contributed by atoms with Crippen LogP contribution in [0.15, 0.2) is 18.2 Å². The highest BCUT2D eigenvalue weighted by atomic mass is 19.1. The zero-order chi connectivity index (χ0) is 12.1. The van der Waals surface area contributed by atoms with E-state index in [2.05, 4.69) is 0 Å². The van der Waals surface area contributed by atoms with Crippen molar-refractivity contribution in [3.8, 4) is 0 Å². The number of halogens is 1. The summed E-state index contributed by atoms with van der Waals surface area (Å²) in [6, 6.07) is 4.50. The lowest BCUT2D eigenvalue weighted by Crippen LogP contribution is -2.16. The molecule has 0 spiro atoms. The van der Waals surface area contributed by atoms with Crippen LogP contribution in [0, 0.1) is 5.82 Å². The van der Waals surface area contributed by atoms with Gasteiger partial charge in [-0.2, -0.15) is 0 Å². The van der Waals surface area contributed by atoms with Gasteiger partial charge in [0, 0.05) is 11.1 Å². The first-order valence-electron chi connectivity index (χ1n) is 6.15. The highest BCUT2D eigenvalue weighted by molar-refractivity contribution is 5.74. The van der Waals surface area contributed by atoms with Crippen molar-refractivity contribution < 1.29 is 13.9 Å². The van der Waals surface area contributed by atoms with Crippen molar-refractivity contribution >= 4 is 6.29 Å². The van der Waals surface area contributed by atoms with E-state index in [1.54, 1.807) is 12.1 Å². The lowest BCUT2D eigenvalue weighted by Gasteiger charge is -2.22. The zero-order valence-corrected chi connectivity index (χ0v) is 9.82. The number of hydrogen-bond acceptors (Lipinski definition) is 2. The van der Waals surface area contributed by atoms with Gasteiger partial charge in [0.1, 0.15) is 12.1 Å². The van der Waals surface area contributed by atoms with Gasteiger partial charge in [-0.1, -0.05) is 31.4 Å². The van der Waals surface area contributed by atoms with E-state index < -0.39 is 0 Å². The fourth-order valence-electron chi connectivity index (χ4n) is 2.19. The number of aldehydes is 1. The molecular weight excluding hydrogens is 219 g/mol. The number of ether oxygens (including phenoxy) is 1. The van der Waals surface area contributed by atoms with Crippen LogP contribution in [0.3, 0.4) is 0 Å². The highest BCUT2D eigenvalue weighted by Crippen LogP contribution is 2.22. The molecule has 0 N–H and O–H groups in total. The minimum atomic E-state index is -0.356. The molecule has 17 heavy (non-hydrogen) atoms. The van der Waals surface area contributed by atoms with Gasteiger partial charge in [-0.05, 0) is 18.9 Å². The molecular formula is C14H17FO2. The Kier molecular flexibility index (Phi) is 4.26. The van der Waals surface area contributed by atoms with Gasteiger partial charge in [-0.15, -0.1) is 0 Å². The Hall–Kier alpha value is -1.22. The SMILES string of the molecule is O=Cc1ccc(COC2CCCCC2)c(F)c1. The molecule has 0 aliphatic heterocycles. The number of carbonyl (C=O) groups is 1. The second kappa shape index (κ2) is 5.92. The summed E-state index contributed by atoms with van der Waals surface area (Å²) >= 11 is 0. The maximum Gasteiger partial charge on any atom is 0.150 e. The van der Waals surface area contributed by atoms with Crippen molar-refractivity contribution in [3.63, 3.8) is 0 Å². The van der Waals surface area contributed by atoms with Crippen LogP contribution >= 0.6 is 0 Å². The van der Waals surface area contributed by atoms with E-state index >= 15 is 0 Å². The predicted molar refractivity (Wildman–Crippen MR) is 63.4 cm³/mol. The van der Waals surface area contributed by atoms with Crippen LogP contribution in [0.5, 0.6) is 0 Å². The highest BCUT2D eigenvalue weighted by Gasteiger charge is 2.14. The minimum Gasteiger partial charge on any atom is -0.373 e. The van der Waals surface area contributed by atoms with Crippen LogP contribution in [-0.2, 0) is 11.3 Å². The van der Waals surface area contributed by atoms with Crippen molar-refractivity contribution in [1.29, 1.82) is 0 Å². The third-order valence-corrected chi connectivity index (χ3v) is 3.24. The average molecular weight is 236 g/mol. The second-order valence-electron chi connectivity index (χ2n) is 4.54. The van der Waals surface area contributed by atoms with Crippen LogP contribution < -0.4 is 0 Å². The summed E-state index contributed by atoms with van der Waals surface area (Å²) < 4.78 is 19.2. The fourth-order valence-corrected chi connectivity index (χ4v) is 2.19. The third-order valence-electron chi connectivity index (χ3n) is 3.24. The number of carbonyl (C=O) groups excluding carboxylic acids is 1. The molecule has 0 aromatic heterocycles. The van der Waals surface area contributed by atoms with Crippen molar-refractivity contribution in [2.24, 2.45) is 0 Å².